The van der Waals surface area contributed by atoms with Gasteiger partial charge in [-0.2, -0.15) is 0 Å². The van der Waals surface area contributed by atoms with E-state index in [0.29, 0.717) is 24.4 Å². The van der Waals surface area contributed by atoms with Gasteiger partial charge in [-0.05, 0) is 24.3 Å². The fourth-order valence-corrected chi connectivity index (χ4v) is 1.72. The number of hydrogen-bond acceptors (Lipinski definition) is 4. The van der Waals surface area contributed by atoms with E-state index in [4.69, 9.17) is 4.42 Å². The first-order chi connectivity index (χ1) is 8.36. The number of fused-ring (bicyclic) bond motifs is 1. The Hall–Kier alpha value is -2.43. The molecule has 3 rings (SSSR count). The number of carbonyl (C=O) groups excluding carboxylic acids is 1. The van der Waals surface area contributed by atoms with Crippen LogP contribution < -0.4 is 0 Å². The molecule has 17 heavy (non-hydrogen) atoms. The van der Waals surface area contributed by atoms with Gasteiger partial charge in [-0.1, -0.05) is 17.3 Å². The van der Waals surface area contributed by atoms with Crippen molar-refractivity contribution in [3.8, 4) is 0 Å². The van der Waals surface area contributed by atoms with Crippen LogP contribution in [0.3, 0.4) is 0 Å². The van der Waals surface area contributed by atoms with Crippen molar-refractivity contribution in [3.63, 3.8) is 0 Å². The van der Waals surface area contributed by atoms with Crippen LogP contribution in [0.2, 0.25) is 0 Å². The molecule has 0 bridgehead atoms. The lowest BCUT2D eigenvalue weighted by atomic mass is 10.3. The summed E-state index contributed by atoms with van der Waals surface area (Å²) in [6, 6.07) is 11.1. The van der Waals surface area contributed by atoms with Crippen molar-refractivity contribution in [1.29, 1.82) is 0 Å². The van der Waals surface area contributed by atoms with Gasteiger partial charge in [0.05, 0.1) is 5.52 Å². The molecule has 2 aromatic heterocycles. The zero-order valence-corrected chi connectivity index (χ0v) is 8.91. The van der Waals surface area contributed by atoms with Crippen LogP contribution in [-0.4, -0.2) is 21.3 Å². The number of nitrogens with zero attached hydrogens (tertiary/aromatic N) is 3. The minimum Gasteiger partial charge on any atom is -0.456 e. The predicted octanol–water partition coefficient (Wildman–Crippen LogP) is 1.89. The summed E-state index contributed by atoms with van der Waals surface area (Å²) >= 11 is 0. The fraction of sp³-hybridized carbons (Fsp3) is 0.0833. The first-order valence-electron chi connectivity index (χ1n) is 5.19. The molecule has 5 nitrogen and oxygen atoms in total. The Labute approximate surface area is 96.7 Å². The summed E-state index contributed by atoms with van der Waals surface area (Å²) in [4.78, 5) is 10.5. The Morgan fingerprint density at radius 2 is 2.12 bits per heavy atom. The predicted molar refractivity (Wildman–Crippen MR) is 60.7 cm³/mol. The Morgan fingerprint density at radius 3 is 2.94 bits per heavy atom. The second-order valence-electron chi connectivity index (χ2n) is 3.66. The molecule has 0 N–H and O–H groups in total. The fourth-order valence-electron chi connectivity index (χ4n) is 1.72. The lowest BCUT2D eigenvalue weighted by Gasteiger charge is -1.98. The smallest absolute Gasteiger partial charge is 0.185 e. The molecule has 0 aliphatic carbocycles. The maximum absolute atomic E-state index is 10.5. The molecule has 0 aliphatic heterocycles. The molecular weight excluding hydrogens is 218 g/mol. The van der Waals surface area contributed by atoms with Crippen LogP contribution in [0, 0.1) is 0 Å². The number of rotatable bonds is 3. The number of aldehydes is 1. The monoisotopic (exact) mass is 227 g/mol. The molecule has 0 aliphatic rings. The third-order valence-corrected chi connectivity index (χ3v) is 2.52. The molecular formula is C12H9N3O2. The topological polar surface area (TPSA) is 60.9 Å². The zero-order chi connectivity index (χ0) is 11.7. The summed E-state index contributed by atoms with van der Waals surface area (Å²) in [7, 11) is 0. The third-order valence-electron chi connectivity index (χ3n) is 2.52. The van der Waals surface area contributed by atoms with Gasteiger partial charge < -0.3 is 4.42 Å². The molecule has 0 spiro atoms. The minimum atomic E-state index is 0.324. The van der Waals surface area contributed by atoms with Crippen LogP contribution in [0.15, 0.2) is 40.8 Å². The van der Waals surface area contributed by atoms with Gasteiger partial charge in [-0.3, -0.25) is 4.79 Å². The quantitative estimate of drug-likeness (QED) is 0.641. The molecule has 0 amide bonds. The van der Waals surface area contributed by atoms with Crippen molar-refractivity contribution in [2.45, 2.75) is 6.54 Å². The highest BCUT2D eigenvalue weighted by atomic mass is 16.3. The van der Waals surface area contributed by atoms with Crippen molar-refractivity contribution in [3.05, 3.63) is 47.9 Å². The van der Waals surface area contributed by atoms with Gasteiger partial charge in [-0.25, -0.2) is 4.68 Å². The molecule has 3 aromatic rings. The number of carbonyl (C=O) groups is 1. The molecule has 5 heteroatoms. The summed E-state index contributed by atoms with van der Waals surface area (Å²) in [5.74, 6) is 1.01. The minimum absolute atomic E-state index is 0.324. The van der Waals surface area contributed by atoms with Crippen LogP contribution in [0.5, 0.6) is 0 Å². The second-order valence-corrected chi connectivity index (χ2v) is 3.66. The van der Waals surface area contributed by atoms with Crippen molar-refractivity contribution in [2.75, 3.05) is 0 Å². The van der Waals surface area contributed by atoms with E-state index >= 15 is 0 Å². The van der Waals surface area contributed by atoms with Gasteiger partial charge in [0.2, 0.25) is 0 Å². The van der Waals surface area contributed by atoms with Crippen molar-refractivity contribution in [2.24, 2.45) is 0 Å². The van der Waals surface area contributed by atoms with Crippen LogP contribution in [0.25, 0.3) is 11.0 Å². The number of aromatic nitrogens is 3. The summed E-state index contributed by atoms with van der Waals surface area (Å²) in [6.45, 7) is 0.467. The Kier molecular flexibility index (Phi) is 2.22. The van der Waals surface area contributed by atoms with Crippen molar-refractivity contribution >= 4 is 17.3 Å². The van der Waals surface area contributed by atoms with Crippen LogP contribution >= 0.6 is 0 Å². The third kappa shape index (κ3) is 1.71. The Bertz CT molecular complexity index is 669. The summed E-state index contributed by atoms with van der Waals surface area (Å²) in [6.07, 6.45) is 0.683. The molecule has 0 unspecified atom stereocenters. The highest BCUT2D eigenvalue weighted by Gasteiger charge is 2.06. The van der Waals surface area contributed by atoms with Crippen molar-refractivity contribution in [1.82, 2.24) is 15.0 Å². The molecule has 0 saturated carbocycles. The van der Waals surface area contributed by atoms with Gasteiger partial charge in [0.1, 0.15) is 17.8 Å². The summed E-state index contributed by atoms with van der Waals surface area (Å²) in [5.41, 5.74) is 1.78. The lowest BCUT2D eigenvalue weighted by Crippen LogP contribution is -2.00. The number of furan rings is 1. The molecule has 0 atom stereocenters. The van der Waals surface area contributed by atoms with Gasteiger partial charge >= 0.3 is 0 Å². The maximum Gasteiger partial charge on any atom is 0.185 e. The van der Waals surface area contributed by atoms with Crippen molar-refractivity contribution < 1.29 is 9.21 Å². The maximum atomic E-state index is 10.5. The van der Waals surface area contributed by atoms with Gasteiger partial charge in [-0.15, -0.1) is 5.10 Å². The largest absolute Gasteiger partial charge is 0.456 e. The second kappa shape index (κ2) is 3.86. The Morgan fingerprint density at radius 1 is 1.24 bits per heavy atom. The average Bonchev–Trinajstić information content (AvgIpc) is 2.97. The highest BCUT2D eigenvalue weighted by molar-refractivity contribution is 5.74. The van der Waals surface area contributed by atoms with Gasteiger partial charge in [0.15, 0.2) is 12.0 Å². The first-order valence-corrected chi connectivity index (χ1v) is 5.19. The average molecular weight is 227 g/mol. The highest BCUT2D eigenvalue weighted by Crippen LogP contribution is 2.13. The Balaban J connectivity index is 1.96. The molecule has 0 fully saturated rings. The lowest BCUT2D eigenvalue weighted by molar-refractivity contribution is 0.109. The van der Waals surface area contributed by atoms with E-state index < -0.39 is 0 Å². The number of benzene rings is 1. The SMILES string of the molecule is O=Cc1ccc(Cn2nnc3ccccc32)o1. The van der Waals surface area contributed by atoms with Gasteiger partial charge in [0.25, 0.3) is 0 Å². The number of para-hydroxylation sites is 1. The first kappa shape index (κ1) is 9.77. The van der Waals surface area contributed by atoms with E-state index in [1.165, 1.54) is 0 Å². The molecule has 0 saturated heterocycles. The van der Waals surface area contributed by atoms with E-state index in [0.717, 1.165) is 11.0 Å². The van der Waals surface area contributed by atoms with Crippen LogP contribution in [0.1, 0.15) is 16.3 Å². The van der Waals surface area contributed by atoms with E-state index in [9.17, 15) is 4.79 Å². The normalized spacial score (nSPS) is 10.8. The number of hydrogen-bond donors (Lipinski definition) is 0. The summed E-state index contributed by atoms with van der Waals surface area (Å²) < 4.78 is 7.04. The standard InChI is InChI=1S/C12H9N3O2/c16-8-10-6-5-9(17-10)7-15-12-4-2-1-3-11(12)13-14-15/h1-6,8H,7H2. The van der Waals surface area contributed by atoms with E-state index in [2.05, 4.69) is 10.3 Å². The van der Waals surface area contributed by atoms with E-state index in [1.54, 1.807) is 16.8 Å². The van der Waals surface area contributed by atoms with E-state index in [-0.39, 0.29) is 0 Å². The molecule has 1 aromatic carbocycles. The molecule has 2 heterocycles. The van der Waals surface area contributed by atoms with Crippen LogP contribution in [0.4, 0.5) is 0 Å². The molecule has 0 radical (unpaired) electrons. The summed E-state index contributed by atoms with van der Waals surface area (Å²) in [5, 5.41) is 8.09. The van der Waals surface area contributed by atoms with Gasteiger partial charge in [0, 0.05) is 0 Å². The zero-order valence-electron chi connectivity index (χ0n) is 8.91. The van der Waals surface area contributed by atoms with Crippen LogP contribution in [-0.2, 0) is 6.54 Å². The van der Waals surface area contributed by atoms with E-state index in [1.807, 2.05) is 24.3 Å². The molecule has 84 valence electrons.